The van der Waals surface area contributed by atoms with E-state index in [1.807, 2.05) is 6.92 Å². The molecule has 0 unspecified atom stereocenters. The molecule has 0 aliphatic carbocycles. The molecular formula is C29H31NO3S. The first-order valence-corrected chi connectivity index (χ1v) is 12.9. The fraction of sp³-hybridized carbons (Fsp3) is 0.172. The maximum atomic E-state index is 10.4. The summed E-state index contributed by atoms with van der Waals surface area (Å²) in [6.45, 7) is 5.14. The maximum absolute atomic E-state index is 10.4. The van der Waals surface area contributed by atoms with Crippen molar-refractivity contribution in [1.82, 2.24) is 4.48 Å². The van der Waals surface area contributed by atoms with Crippen molar-refractivity contribution in [3.63, 3.8) is 0 Å². The molecule has 0 saturated carbocycles. The molecule has 0 atom stereocenters. The van der Waals surface area contributed by atoms with Crippen molar-refractivity contribution in [2.24, 2.45) is 0 Å². The highest BCUT2D eigenvalue weighted by molar-refractivity contribution is 7.85. The molecule has 0 amide bonds. The number of hydrogen-bond donors (Lipinski definition) is 0. The van der Waals surface area contributed by atoms with Crippen LogP contribution in [0, 0.1) is 6.92 Å². The number of quaternary nitrogens is 1. The molecule has 0 spiro atoms. The summed E-state index contributed by atoms with van der Waals surface area (Å²) >= 11 is 0. The van der Waals surface area contributed by atoms with E-state index in [0.717, 1.165) is 16.6 Å². The molecule has 0 radical (unpaired) electrons. The van der Waals surface area contributed by atoms with Gasteiger partial charge in [0.25, 0.3) is 0 Å². The van der Waals surface area contributed by atoms with Crippen molar-refractivity contribution in [2.45, 2.75) is 31.6 Å². The Morgan fingerprint density at radius 3 is 1.35 bits per heavy atom. The molecule has 0 aromatic heterocycles. The van der Waals surface area contributed by atoms with Crippen LogP contribution in [0.3, 0.4) is 0 Å². The fourth-order valence-electron chi connectivity index (χ4n) is 3.98. The molecule has 4 nitrogen and oxygen atoms in total. The van der Waals surface area contributed by atoms with E-state index in [1.165, 1.54) is 42.0 Å². The van der Waals surface area contributed by atoms with E-state index in [0.29, 0.717) is 0 Å². The monoisotopic (exact) mass is 473 g/mol. The molecule has 176 valence electrons. The Hall–Kier alpha value is -3.25. The third kappa shape index (κ3) is 6.20. The number of benzene rings is 4. The van der Waals surface area contributed by atoms with Crippen molar-refractivity contribution in [1.29, 1.82) is 0 Å². The second-order valence-corrected chi connectivity index (χ2v) is 9.54. The van der Waals surface area contributed by atoms with Crippen LogP contribution >= 0.6 is 0 Å². The van der Waals surface area contributed by atoms with E-state index in [2.05, 4.69) is 97.9 Å². The lowest BCUT2D eigenvalue weighted by molar-refractivity contribution is 0.463. The molecular weight excluding hydrogens is 442 g/mol. The van der Waals surface area contributed by atoms with Gasteiger partial charge in [-0.05, 0) is 61.9 Å². The molecule has 0 saturated heterocycles. The van der Waals surface area contributed by atoms with Crippen molar-refractivity contribution < 1.29 is 13.0 Å². The molecule has 0 bridgehead atoms. The Morgan fingerprint density at radius 2 is 1.03 bits per heavy atom. The molecule has 0 aliphatic heterocycles. The predicted octanol–water partition coefficient (Wildman–Crippen LogP) is 7.36. The second-order valence-electron chi connectivity index (χ2n) is 8.16. The van der Waals surface area contributed by atoms with Gasteiger partial charge in [-0.1, -0.05) is 85.6 Å². The van der Waals surface area contributed by atoms with E-state index in [1.54, 1.807) is 12.1 Å². The molecule has 34 heavy (non-hydrogen) atoms. The van der Waals surface area contributed by atoms with Crippen LogP contribution in [0.1, 0.15) is 25.3 Å². The highest BCUT2D eigenvalue weighted by atomic mass is 32.2. The van der Waals surface area contributed by atoms with Gasteiger partial charge >= 0.3 is 0 Å². The number of aryl methyl sites for hydroxylation is 1. The van der Waals surface area contributed by atoms with Crippen LogP contribution in [-0.2, 0) is 10.1 Å². The topological polar surface area (TPSA) is 57.2 Å². The van der Waals surface area contributed by atoms with Crippen molar-refractivity contribution >= 4 is 27.2 Å². The summed E-state index contributed by atoms with van der Waals surface area (Å²) in [5.41, 5.74) is 4.88. The summed E-state index contributed by atoms with van der Waals surface area (Å²) in [6.07, 6.45) is 2.37. The minimum absolute atomic E-state index is 0.178. The molecule has 4 rings (SSSR count). The highest BCUT2D eigenvalue weighted by Gasteiger charge is 2.35. The molecule has 0 N–H and O–H groups in total. The first-order chi connectivity index (χ1) is 16.4. The van der Waals surface area contributed by atoms with Gasteiger partial charge in [0.15, 0.2) is 0 Å². The minimum Gasteiger partial charge on any atom is -0.744 e. The Kier molecular flexibility index (Phi) is 8.77. The van der Waals surface area contributed by atoms with Crippen LogP contribution in [-0.4, -0.2) is 19.5 Å². The summed E-state index contributed by atoms with van der Waals surface area (Å²) in [6, 6.07) is 38.4. The molecule has 0 heterocycles. The average molecular weight is 474 g/mol. The van der Waals surface area contributed by atoms with Gasteiger partial charge in [-0.2, -0.15) is 0 Å². The number of nitrogens with zero attached hydrogens (tertiary/aromatic N) is 1. The number of unbranched alkanes of at least 4 members (excludes halogenated alkanes) is 1. The fourth-order valence-corrected chi connectivity index (χ4v) is 4.45. The largest absolute Gasteiger partial charge is 0.744 e. The van der Waals surface area contributed by atoms with Gasteiger partial charge in [0, 0.05) is 0 Å². The van der Waals surface area contributed by atoms with Gasteiger partial charge in [0.1, 0.15) is 27.2 Å². The predicted molar refractivity (Wildman–Crippen MR) is 139 cm³/mol. The normalized spacial score (nSPS) is 11.4. The van der Waals surface area contributed by atoms with Gasteiger partial charge in [0.05, 0.1) is 11.4 Å². The van der Waals surface area contributed by atoms with Crippen LogP contribution in [0.25, 0.3) is 0 Å². The van der Waals surface area contributed by atoms with Gasteiger partial charge < -0.3 is 4.55 Å². The summed E-state index contributed by atoms with van der Waals surface area (Å²) in [5.74, 6) is 0. The smallest absolute Gasteiger partial charge is 0.143 e. The molecule has 4 aromatic carbocycles. The average Bonchev–Trinajstić information content (AvgIpc) is 2.87. The van der Waals surface area contributed by atoms with E-state index < -0.39 is 10.1 Å². The SMILES string of the molecule is CCCC[N+](c1ccccc1)(c1ccccc1)c1ccccc1.Cc1ccc(S(=O)(=O)[O-])cc1. The van der Waals surface area contributed by atoms with Crippen LogP contribution in [0.4, 0.5) is 17.1 Å². The van der Waals surface area contributed by atoms with Crippen molar-refractivity contribution in [3.05, 3.63) is 121 Å². The Labute approximate surface area is 203 Å². The van der Waals surface area contributed by atoms with E-state index in [-0.39, 0.29) is 4.90 Å². The molecule has 0 aliphatic rings. The number of para-hydroxylation sites is 3. The zero-order chi connectivity index (χ0) is 24.4. The highest BCUT2D eigenvalue weighted by Crippen LogP contribution is 2.43. The molecule has 0 fully saturated rings. The van der Waals surface area contributed by atoms with Crippen molar-refractivity contribution in [2.75, 3.05) is 6.54 Å². The van der Waals surface area contributed by atoms with Gasteiger partial charge in [-0.15, -0.1) is 0 Å². The lowest BCUT2D eigenvalue weighted by Crippen LogP contribution is -2.39. The summed E-state index contributed by atoms with van der Waals surface area (Å²) < 4.78 is 31.9. The standard InChI is InChI=1S/C22H24N.C7H8O3S/c1-2-3-19-23(20-13-7-4-8-14-20,21-15-9-5-10-16-21)22-17-11-6-12-18-22;1-6-2-4-7(5-3-6)11(8,9)10/h4-18H,2-3,19H2,1H3;2-5H,1H3,(H,8,9,10)/q+1;/p-1. The van der Waals surface area contributed by atoms with E-state index >= 15 is 0 Å². The van der Waals surface area contributed by atoms with Crippen LogP contribution in [0.2, 0.25) is 0 Å². The Balaban J connectivity index is 0.000000248. The maximum Gasteiger partial charge on any atom is 0.143 e. The van der Waals surface area contributed by atoms with Crippen molar-refractivity contribution in [3.8, 4) is 0 Å². The molecule has 4 aromatic rings. The molecule has 5 heteroatoms. The zero-order valence-electron chi connectivity index (χ0n) is 19.7. The van der Waals surface area contributed by atoms with Gasteiger partial charge in [-0.3, -0.25) is 0 Å². The zero-order valence-corrected chi connectivity index (χ0v) is 20.5. The summed E-state index contributed by atoms with van der Waals surface area (Å²) in [7, 11) is -4.27. The first kappa shape index (κ1) is 25.4. The quantitative estimate of drug-likeness (QED) is 0.208. The summed E-state index contributed by atoms with van der Waals surface area (Å²) in [4.78, 5) is -0.178. The Bertz CT molecular complexity index is 1140. The lowest BCUT2D eigenvalue weighted by atomic mass is 10.1. The lowest BCUT2D eigenvalue weighted by Gasteiger charge is -2.37. The Morgan fingerprint density at radius 1 is 0.647 bits per heavy atom. The van der Waals surface area contributed by atoms with Gasteiger partial charge in [-0.25, -0.2) is 12.9 Å². The van der Waals surface area contributed by atoms with Crippen LogP contribution < -0.4 is 4.48 Å². The number of hydrogen-bond acceptors (Lipinski definition) is 3. The first-order valence-electron chi connectivity index (χ1n) is 11.5. The van der Waals surface area contributed by atoms with E-state index in [4.69, 9.17) is 0 Å². The summed E-state index contributed by atoms with van der Waals surface area (Å²) in [5, 5.41) is 0. The van der Waals surface area contributed by atoms with Crippen LogP contribution in [0.5, 0.6) is 0 Å². The third-order valence-electron chi connectivity index (χ3n) is 5.75. The van der Waals surface area contributed by atoms with Gasteiger partial charge in [0.2, 0.25) is 0 Å². The third-order valence-corrected chi connectivity index (χ3v) is 6.60. The van der Waals surface area contributed by atoms with Crippen LogP contribution in [0.15, 0.2) is 120 Å². The number of rotatable bonds is 7. The second kappa shape index (κ2) is 11.7. The minimum atomic E-state index is -4.27. The van der Waals surface area contributed by atoms with E-state index in [9.17, 15) is 13.0 Å².